The van der Waals surface area contributed by atoms with Crippen LogP contribution in [0, 0.1) is 0 Å². The number of hydrogen-bond donors (Lipinski definition) is 0. The minimum Gasteiger partial charge on any atom is -0.417 e. The minimum absolute atomic E-state index is 0.821. The highest BCUT2D eigenvalue weighted by molar-refractivity contribution is 5.99. The highest BCUT2D eigenvalue weighted by atomic mass is 16.3. The van der Waals surface area contributed by atoms with Crippen molar-refractivity contribution in [3.8, 4) is 17.1 Å². The Hall–Kier alpha value is -3.40. The van der Waals surface area contributed by atoms with Crippen LogP contribution in [0.25, 0.3) is 39.4 Å². The van der Waals surface area contributed by atoms with Crippen LogP contribution in [0.15, 0.2) is 77.3 Å². The molecule has 0 unspecified atom stereocenters. The van der Waals surface area contributed by atoms with E-state index in [2.05, 4.69) is 62.6 Å². The summed E-state index contributed by atoms with van der Waals surface area (Å²) in [5, 5.41) is 0. The van der Waals surface area contributed by atoms with Crippen molar-refractivity contribution >= 4 is 22.3 Å². The van der Waals surface area contributed by atoms with E-state index in [1.165, 1.54) is 11.1 Å². The molecule has 0 radical (unpaired) electrons. The number of furan rings is 1. The van der Waals surface area contributed by atoms with Crippen LogP contribution in [0.1, 0.15) is 5.56 Å². The monoisotopic (exact) mass is 324 g/mol. The molecule has 0 amide bonds. The normalized spacial score (nSPS) is 12.6. The molecule has 0 fully saturated rings. The van der Waals surface area contributed by atoms with Gasteiger partial charge in [0.15, 0.2) is 11.1 Å². The first-order valence-electron chi connectivity index (χ1n) is 8.37. The third kappa shape index (κ3) is 1.61. The van der Waals surface area contributed by atoms with Crippen molar-refractivity contribution in [3.05, 3.63) is 78.5 Å². The fourth-order valence-electron chi connectivity index (χ4n) is 3.90. The number of para-hydroxylation sites is 1. The van der Waals surface area contributed by atoms with Crippen molar-refractivity contribution < 1.29 is 8.98 Å². The van der Waals surface area contributed by atoms with Gasteiger partial charge in [0.05, 0.1) is 5.56 Å². The first-order chi connectivity index (χ1) is 12.4. The minimum atomic E-state index is 0.821. The van der Waals surface area contributed by atoms with Crippen LogP contribution in [0.4, 0.5) is 0 Å². The van der Waals surface area contributed by atoms with Crippen molar-refractivity contribution in [1.82, 2.24) is 9.55 Å². The topological polar surface area (TPSA) is 34.8 Å². The van der Waals surface area contributed by atoms with E-state index in [9.17, 15) is 0 Å². The van der Waals surface area contributed by atoms with Gasteiger partial charge in [-0.15, -0.1) is 0 Å². The molecule has 0 spiro atoms. The predicted molar refractivity (Wildman–Crippen MR) is 95.6 cm³/mol. The maximum Gasteiger partial charge on any atom is 0.341 e. The van der Waals surface area contributed by atoms with Gasteiger partial charge < -0.3 is 4.42 Å². The van der Waals surface area contributed by atoms with Crippen LogP contribution in [0.5, 0.6) is 0 Å². The van der Waals surface area contributed by atoms with Crippen LogP contribution in [-0.4, -0.2) is 9.55 Å². The Morgan fingerprint density at radius 2 is 1.76 bits per heavy atom. The number of hydrogen-bond acceptors (Lipinski definition) is 2. The Morgan fingerprint density at radius 3 is 2.68 bits per heavy atom. The van der Waals surface area contributed by atoms with Crippen molar-refractivity contribution in [2.24, 2.45) is 0 Å². The molecule has 3 aromatic heterocycles. The lowest BCUT2D eigenvalue weighted by Gasteiger charge is -2.01. The van der Waals surface area contributed by atoms with Gasteiger partial charge in [0.25, 0.3) is 5.82 Å². The molecular formula is C21H14N3O+. The van der Waals surface area contributed by atoms with Gasteiger partial charge in [-0.3, -0.25) is 0 Å². The second kappa shape index (κ2) is 4.57. The van der Waals surface area contributed by atoms with E-state index < -0.39 is 0 Å². The quantitative estimate of drug-likeness (QED) is 0.427. The summed E-state index contributed by atoms with van der Waals surface area (Å²) < 4.78 is 10.7. The van der Waals surface area contributed by atoms with E-state index in [-0.39, 0.29) is 0 Å². The molecular weight excluding hydrogens is 310 g/mol. The van der Waals surface area contributed by atoms with Crippen LogP contribution in [0.3, 0.4) is 0 Å². The Morgan fingerprint density at radius 1 is 0.920 bits per heavy atom. The summed E-state index contributed by atoms with van der Waals surface area (Å²) in [4.78, 5) is 4.60. The third-order valence-electron chi connectivity index (χ3n) is 4.94. The van der Waals surface area contributed by atoms with E-state index >= 15 is 0 Å². The van der Waals surface area contributed by atoms with E-state index in [4.69, 9.17) is 4.42 Å². The van der Waals surface area contributed by atoms with Gasteiger partial charge in [-0.2, -0.15) is 9.13 Å². The number of benzene rings is 2. The van der Waals surface area contributed by atoms with E-state index in [0.29, 0.717) is 0 Å². The van der Waals surface area contributed by atoms with E-state index in [0.717, 1.165) is 40.4 Å². The summed E-state index contributed by atoms with van der Waals surface area (Å²) in [6.07, 6.45) is 1.82. The Balaban J connectivity index is 1.84. The number of imidazole rings is 1. The molecule has 25 heavy (non-hydrogen) atoms. The molecule has 0 atom stereocenters. The van der Waals surface area contributed by atoms with Gasteiger partial charge in [0.1, 0.15) is 12.2 Å². The fourth-order valence-corrected chi connectivity index (χ4v) is 3.90. The average Bonchev–Trinajstić information content (AvgIpc) is 3.30. The van der Waals surface area contributed by atoms with Crippen molar-refractivity contribution in [1.29, 1.82) is 0 Å². The van der Waals surface area contributed by atoms with Crippen molar-refractivity contribution in [3.63, 3.8) is 0 Å². The molecule has 6 rings (SSSR count). The first-order valence-corrected chi connectivity index (χ1v) is 8.37. The molecule has 1 aliphatic rings. The van der Waals surface area contributed by atoms with Gasteiger partial charge in [0.2, 0.25) is 5.52 Å². The maximum atomic E-state index is 6.21. The molecule has 4 heteroatoms. The smallest absolute Gasteiger partial charge is 0.341 e. The van der Waals surface area contributed by atoms with E-state index in [1.54, 1.807) is 0 Å². The second-order valence-electron chi connectivity index (χ2n) is 6.34. The number of nitrogens with zero attached hydrogens (tertiary/aromatic N) is 3. The molecule has 0 N–H and O–H groups in total. The first kappa shape index (κ1) is 13.0. The number of rotatable bonds is 1. The molecule has 118 valence electrons. The molecule has 0 saturated carbocycles. The highest BCUT2D eigenvalue weighted by Gasteiger charge is 2.38. The second-order valence-corrected chi connectivity index (χ2v) is 6.34. The van der Waals surface area contributed by atoms with Gasteiger partial charge in [-0.1, -0.05) is 36.4 Å². The zero-order valence-electron chi connectivity index (χ0n) is 13.4. The lowest BCUT2D eigenvalue weighted by Crippen LogP contribution is -2.31. The predicted octanol–water partition coefficient (Wildman–Crippen LogP) is 4.09. The Bertz CT molecular complexity index is 1260. The Kier molecular flexibility index (Phi) is 2.37. The molecule has 1 aliphatic heterocycles. The summed E-state index contributed by atoms with van der Waals surface area (Å²) in [5.41, 5.74) is 7.32. The van der Waals surface area contributed by atoms with Crippen LogP contribution in [0.2, 0.25) is 0 Å². The van der Waals surface area contributed by atoms with E-state index in [1.807, 2.05) is 24.4 Å². The zero-order valence-corrected chi connectivity index (χ0v) is 13.4. The molecule has 0 bridgehead atoms. The SMILES string of the molecule is c1ccc(-n2c3[n+](c4oc5cccnc5c42)Cc2ccccc2-3)cc1. The average molecular weight is 324 g/mol. The molecule has 0 aliphatic carbocycles. The largest absolute Gasteiger partial charge is 0.417 e. The number of fused-ring (bicyclic) bond motifs is 7. The number of pyridine rings is 1. The molecule has 0 saturated heterocycles. The van der Waals surface area contributed by atoms with Crippen LogP contribution < -0.4 is 4.57 Å². The fraction of sp³-hybridized carbons (Fsp3) is 0.0476. The Labute approximate surface area is 143 Å². The molecule has 4 heterocycles. The van der Waals surface area contributed by atoms with Crippen LogP contribution >= 0.6 is 0 Å². The number of aromatic nitrogens is 3. The standard InChI is InChI=1S/C21H14N3O/c1-2-8-15(9-3-1)24-19-18-17(11-6-12-22-18)25-21(19)23-13-14-7-4-5-10-16(14)20(23)24/h1-12H,13H2/q+1. The van der Waals surface area contributed by atoms with Crippen LogP contribution in [-0.2, 0) is 6.54 Å². The molecule has 2 aromatic carbocycles. The third-order valence-corrected chi connectivity index (χ3v) is 4.94. The zero-order chi connectivity index (χ0) is 16.4. The molecule has 4 nitrogen and oxygen atoms in total. The highest BCUT2D eigenvalue weighted by Crippen LogP contribution is 2.37. The maximum absolute atomic E-state index is 6.21. The summed E-state index contributed by atoms with van der Waals surface area (Å²) >= 11 is 0. The van der Waals surface area contributed by atoms with Gasteiger partial charge in [-0.05, 0) is 30.3 Å². The lowest BCUT2D eigenvalue weighted by molar-refractivity contribution is -0.652. The summed E-state index contributed by atoms with van der Waals surface area (Å²) in [5.74, 6) is 1.16. The van der Waals surface area contributed by atoms with Crippen molar-refractivity contribution in [2.45, 2.75) is 6.54 Å². The molecule has 5 aromatic rings. The van der Waals surface area contributed by atoms with Crippen molar-refractivity contribution in [2.75, 3.05) is 0 Å². The van der Waals surface area contributed by atoms with Gasteiger partial charge in [0, 0.05) is 11.8 Å². The summed E-state index contributed by atoms with van der Waals surface area (Å²) in [6, 6.07) is 22.9. The summed E-state index contributed by atoms with van der Waals surface area (Å²) in [7, 11) is 0. The lowest BCUT2D eigenvalue weighted by atomic mass is 10.1. The van der Waals surface area contributed by atoms with Gasteiger partial charge in [-0.25, -0.2) is 4.98 Å². The van der Waals surface area contributed by atoms with Gasteiger partial charge >= 0.3 is 5.71 Å². The summed E-state index contributed by atoms with van der Waals surface area (Å²) in [6.45, 7) is 0.821.